The molecule has 0 aliphatic heterocycles. The summed E-state index contributed by atoms with van der Waals surface area (Å²) in [6.45, 7) is 8.02. The second-order valence-corrected chi connectivity index (χ2v) is 4.96. The van der Waals surface area contributed by atoms with Crippen LogP contribution in [0.1, 0.15) is 29.2 Å². The average Bonchev–Trinajstić information content (AvgIpc) is 2.34. The number of carboxylic acid groups (broad SMARTS) is 1. The maximum atomic E-state index is 11.5. The van der Waals surface area contributed by atoms with Crippen molar-refractivity contribution in [2.75, 3.05) is 6.54 Å². The van der Waals surface area contributed by atoms with E-state index in [9.17, 15) is 9.59 Å². The van der Waals surface area contributed by atoms with E-state index in [2.05, 4.69) is 31.3 Å². The minimum atomic E-state index is -1.10. The van der Waals surface area contributed by atoms with Gasteiger partial charge in [-0.1, -0.05) is 12.1 Å². The van der Waals surface area contributed by atoms with Crippen LogP contribution in [0.5, 0.6) is 0 Å². The van der Waals surface area contributed by atoms with Gasteiger partial charge in [-0.2, -0.15) is 0 Å². The smallest absolute Gasteiger partial charge is 0.315 e. The van der Waals surface area contributed by atoms with Crippen molar-refractivity contribution in [2.45, 2.75) is 34.1 Å². The molecule has 0 saturated carbocycles. The molecule has 0 bridgehead atoms. The molecule has 0 aliphatic carbocycles. The molecule has 1 unspecified atom stereocenters. The molecule has 0 fully saturated rings. The van der Waals surface area contributed by atoms with E-state index in [1.165, 1.54) is 29.2 Å². The van der Waals surface area contributed by atoms with E-state index in [-0.39, 0.29) is 0 Å². The fraction of sp³-hybridized carbons (Fsp3) is 0.467. The number of aryl methyl sites for hydroxylation is 3. The second kappa shape index (κ2) is 6.36. The molecule has 19 heavy (non-hydrogen) atoms. The number of carboxylic acids is 1. The van der Waals surface area contributed by atoms with Gasteiger partial charge in [-0.3, -0.25) is 9.59 Å². The molecular weight excluding hydrogens is 242 g/mol. The molecule has 104 valence electrons. The fourth-order valence-electron chi connectivity index (χ4n) is 1.88. The van der Waals surface area contributed by atoms with Crippen molar-refractivity contribution < 1.29 is 14.7 Å². The molecule has 1 atom stereocenters. The lowest BCUT2D eigenvalue weighted by Gasteiger charge is -2.11. The lowest BCUT2D eigenvalue weighted by Crippen LogP contribution is -2.34. The first-order valence-corrected chi connectivity index (χ1v) is 6.40. The molecule has 1 aromatic rings. The highest BCUT2D eigenvalue weighted by Gasteiger charge is 2.19. The summed E-state index contributed by atoms with van der Waals surface area (Å²) in [4.78, 5) is 22.1. The van der Waals surface area contributed by atoms with Crippen molar-refractivity contribution >= 4 is 11.9 Å². The molecule has 0 radical (unpaired) electrons. The lowest BCUT2D eigenvalue weighted by molar-refractivity contribution is -0.146. The Morgan fingerprint density at radius 2 is 1.74 bits per heavy atom. The molecule has 0 aliphatic rings. The summed E-state index contributed by atoms with van der Waals surface area (Å²) in [6.07, 6.45) is 0.713. The molecule has 0 aromatic heterocycles. The minimum absolute atomic E-state index is 0.436. The van der Waals surface area contributed by atoms with Crippen LogP contribution in [0.25, 0.3) is 0 Å². The Balaban J connectivity index is 2.57. The van der Waals surface area contributed by atoms with Crippen molar-refractivity contribution in [2.24, 2.45) is 5.92 Å². The standard InChI is InChI=1S/C15H21NO3/c1-9-7-11(3)13(8-10(9)2)5-6-16-14(17)12(4)15(18)19/h7-8,12H,5-6H2,1-4H3,(H,16,17)(H,18,19). The maximum absolute atomic E-state index is 11.5. The van der Waals surface area contributed by atoms with E-state index < -0.39 is 17.8 Å². The molecule has 1 aromatic carbocycles. The van der Waals surface area contributed by atoms with E-state index >= 15 is 0 Å². The van der Waals surface area contributed by atoms with Crippen LogP contribution in [0.4, 0.5) is 0 Å². The van der Waals surface area contributed by atoms with Crippen LogP contribution in [0, 0.1) is 26.7 Å². The number of hydrogen-bond acceptors (Lipinski definition) is 2. The third kappa shape index (κ3) is 4.09. The van der Waals surface area contributed by atoms with Crippen LogP contribution in [-0.4, -0.2) is 23.5 Å². The van der Waals surface area contributed by atoms with Gasteiger partial charge in [0.1, 0.15) is 5.92 Å². The summed E-state index contributed by atoms with van der Waals surface area (Å²) in [5.74, 6) is -2.53. The molecule has 1 rings (SSSR count). The number of amides is 1. The van der Waals surface area contributed by atoms with Gasteiger partial charge < -0.3 is 10.4 Å². The summed E-state index contributed by atoms with van der Waals surface area (Å²) < 4.78 is 0. The first-order chi connectivity index (χ1) is 8.82. The van der Waals surface area contributed by atoms with Crippen molar-refractivity contribution in [1.29, 1.82) is 0 Å². The average molecular weight is 263 g/mol. The van der Waals surface area contributed by atoms with Gasteiger partial charge >= 0.3 is 5.97 Å². The van der Waals surface area contributed by atoms with Gasteiger partial charge in [0.25, 0.3) is 0 Å². The summed E-state index contributed by atoms with van der Waals surface area (Å²) in [6, 6.07) is 4.25. The molecule has 4 nitrogen and oxygen atoms in total. The Morgan fingerprint density at radius 3 is 2.32 bits per heavy atom. The number of aliphatic carboxylic acids is 1. The predicted octanol–water partition coefficient (Wildman–Crippen LogP) is 1.99. The van der Waals surface area contributed by atoms with Crippen molar-refractivity contribution in [3.63, 3.8) is 0 Å². The molecule has 0 spiro atoms. The zero-order valence-corrected chi connectivity index (χ0v) is 11.9. The highest BCUT2D eigenvalue weighted by atomic mass is 16.4. The molecule has 0 heterocycles. The number of benzene rings is 1. The topological polar surface area (TPSA) is 66.4 Å². The lowest BCUT2D eigenvalue weighted by atomic mass is 9.99. The first kappa shape index (κ1) is 15.2. The SMILES string of the molecule is Cc1cc(C)c(CCNC(=O)C(C)C(=O)O)cc1C. The third-order valence-electron chi connectivity index (χ3n) is 3.41. The summed E-state index contributed by atoms with van der Waals surface area (Å²) in [5, 5.41) is 11.4. The summed E-state index contributed by atoms with van der Waals surface area (Å²) >= 11 is 0. The predicted molar refractivity (Wildman–Crippen MR) is 74.2 cm³/mol. The van der Waals surface area contributed by atoms with Gasteiger partial charge in [0, 0.05) is 6.54 Å². The van der Waals surface area contributed by atoms with Crippen molar-refractivity contribution in [1.82, 2.24) is 5.32 Å². The molecule has 1 amide bonds. The van der Waals surface area contributed by atoms with E-state index in [0.29, 0.717) is 13.0 Å². The number of rotatable bonds is 5. The second-order valence-electron chi connectivity index (χ2n) is 4.96. The van der Waals surface area contributed by atoms with Gasteiger partial charge in [-0.15, -0.1) is 0 Å². The molecular formula is C15H21NO3. The van der Waals surface area contributed by atoms with Crippen LogP contribution < -0.4 is 5.32 Å². The summed E-state index contributed by atoms with van der Waals surface area (Å²) in [7, 11) is 0. The quantitative estimate of drug-likeness (QED) is 0.798. The first-order valence-electron chi connectivity index (χ1n) is 6.40. The Labute approximate surface area is 113 Å². The highest BCUT2D eigenvalue weighted by molar-refractivity contribution is 5.96. The monoisotopic (exact) mass is 263 g/mol. The van der Waals surface area contributed by atoms with Crippen molar-refractivity contribution in [3.8, 4) is 0 Å². The van der Waals surface area contributed by atoms with Gasteiger partial charge in [0.05, 0.1) is 0 Å². The Morgan fingerprint density at radius 1 is 1.16 bits per heavy atom. The Bertz CT molecular complexity index is 494. The van der Waals surface area contributed by atoms with Gasteiger partial charge in [0.15, 0.2) is 0 Å². The molecule has 4 heteroatoms. The van der Waals surface area contributed by atoms with Crippen LogP contribution in [0.2, 0.25) is 0 Å². The third-order valence-corrected chi connectivity index (χ3v) is 3.41. The maximum Gasteiger partial charge on any atom is 0.315 e. The molecule has 2 N–H and O–H groups in total. The van der Waals surface area contributed by atoms with E-state index in [1.54, 1.807) is 0 Å². The fourth-order valence-corrected chi connectivity index (χ4v) is 1.88. The van der Waals surface area contributed by atoms with Gasteiger partial charge in [0.2, 0.25) is 5.91 Å². The van der Waals surface area contributed by atoms with E-state index in [0.717, 1.165) is 0 Å². The summed E-state index contributed by atoms with van der Waals surface area (Å²) in [5.41, 5.74) is 4.87. The van der Waals surface area contributed by atoms with Crippen LogP contribution in [0.15, 0.2) is 12.1 Å². The normalized spacial score (nSPS) is 12.0. The Kier molecular flexibility index (Phi) is 5.10. The zero-order chi connectivity index (χ0) is 14.6. The highest BCUT2D eigenvalue weighted by Crippen LogP contribution is 2.15. The number of carbonyl (C=O) groups excluding carboxylic acids is 1. The van der Waals surface area contributed by atoms with Crippen LogP contribution in [-0.2, 0) is 16.0 Å². The number of carbonyl (C=O) groups is 2. The number of hydrogen-bond donors (Lipinski definition) is 2. The van der Waals surface area contributed by atoms with Gasteiger partial charge in [-0.25, -0.2) is 0 Å². The largest absolute Gasteiger partial charge is 0.481 e. The van der Waals surface area contributed by atoms with Crippen LogP contribution >= 0.6 is 0 Å². The number of nitrogens with one attached hydrogen (secondary N) is 1. The van der Waals surface area contributed by atoms with Crippen LogP contribution in [0.3, 0.4) is 0 Å². The zero-order valence-electron chi connectivity index (χ0n) is 11.9. The van der Waals surface area contributed by atoms with Crippen molar-refractivity contribution in [3.05, 3.63) is 34.4 Å². The Hall–Kier alpha value is -1.84. The minimum Gasteiger partial charge on any atom is -0.481 e. The van der Waals surface area contributed by atoms with E-state index in [4.69, 9.17) is 5.11 Å². The van der Waals surface area contributed by atoms with Gasteiger partial charge in [-0.05, 0) is 56.4 Å². The van der Waals surface area contributed by atoms with E-state index in [1.807, 2.05) is 6.92 Å². The molecule has 0 saturated heterocycles.